The van der Waals surface area contributed by atoms with Gasteiger partial charge in [-0.2, -0.15) is 4.98 Å². The van der Waals surface area contributed by atoms with Crippen molar-refractivity contribution in [3.63, 3.8) is 0 Å². The van der Waals surface area contributed by atoms with Gasteiger partial charge in [0.2, 0.25) is 6.79 Å². The average molecular weight is 1000 g/mol. The molecule has 398 valence electrons. The van der Waals surface area contributed by atoms with Gasteiger partial charge < -0.3 is 77.8 Å². The SMILES string of the molecule is CC[C@H]1OC(=O)C[C@H]2OC/C(=N/OCOCc3ccc4nc(N)oc4c3)COCCC(C[C@@H](C)C(=O)/C=C/C(C)=C/[C@@H]1CO[C@@H]1CC[C@@H](O)[C@@H](OC)[C@H]1OC)[C@H](O[C@@H]1O[C@H](C)[C@@H](O)[C@H](N(C)C)[C@H]1O)[C@H]2C. The van der Waals surface area contributed by atoms with Crippen LogP contribution < -0.4 is 5.73 Å². The highest BCUT2D eigenvalue weighted by molar-refractivity contribution is 5.91. The number of benzene rings is 1. The number of carbonyl (C=O) groups excluding carboxylic acids is 2. The lowest BCUT2D eigenvalue weighted by Gasteiger charge is -2.47. The van der Waals surface area contributed by atoms with E-state index in [2.05, 4.69) is 10.1 Å². The molecule has 6 rings (SSSR count). The summed E-state index contributed by atoms with van der Waals surface area (Å²) in [7, 11) is 6.63. The number of allylic oxidation sites excluding steroid dienone is 3. The standard InChI is InChI=1S/C51H78N4O16/c1-10-39-34(24-65-40-16-15-38(57)48(61-8)49(40)62-9)19-28(2)11-14-37(56)29(3)20-33-17-18-63-25-35(54-67-27-64-23-32-12-13-36-42(21-32)70-51(52)53-36)26-66-41(22-43(58)69-39)30(4)47(33)71-50-46(60)44(55(6)7)45(59)31(5)68-50/h11-14,19,21,29-31,33-34,38-41,44-50,57,59-60H,10,15-18,20,22-27H2,1-9H3,(H2,52,53)/b14-11+,28-19+,54-35+/t29-,30+,31-,33?,34-,38-,39-,40-,41-,44+,45-,46-,47-,48-,49+,50+/m1/s1. The second kappa shape index (κ2) is 26.9. The minimum Gasteiger partial charge on any atom is -0.462 e. The van der Waals surface area contributed by atoms with Gasteiger partial charge in [0, 0.05) is 38.6 Å². The molecule has 1 aromatic heterocycles. The second-order valence-corrected chi connectivity index (χ2v) is 19.7. The fourth-order valence-corrected chi connectivity index (χ4v) is 10.2. The molecule has 0 amide bonds. The van der Waals surface area contributed by atoms with Crippen LogP contribution in [0.15, 0.2) is 51.6 Å². The topological polar surface area (TPSA) is 255 Å². The molecule has 0 radical (unpaired) electrons. The molecule has 1 unspecified atom stereocenters. The Labute approximate surface area is 417 Å². The number of methoxy groups -OCH3 is 2. The zero-order valence-electron chi connectivity index (χ0n) is 42.8. The molecule has 16 atom stereocenters. The van der Waals surface area contributed by atoms with Crippen molar-refractivity contribution in [1.29, 1.82) is 0 Å². The molecule has 2 aromatic rings. The van der Waals surface area contributed by atoms with Gasteiger partial charge in [0.15, 0.2) is 17.7 Å². The van der Waals surface area contributed by atoms with E-state index in [-0.39, 0.29) is 64.0 Å². The smallest absolute Gasteiger partial charge is 0.308 e. The number of hydrogen-bond acceptors (Lipinski definition) is 20. The summed E-state index contributed by atoms with van der Waals surface area (Å²) in [5, 5.41) is 37.8. The lowest BCUT2D eigenvalue weighted by Crippen LogP contribution is -2.63. The molecule has 5 N–H and O–H groups in total. The molecule has 71 heavy (non-hydrogen) atoms. The van der Waals surface area contributed by atoms with Crippen LogP contribution in [0.3, 0.4) is 0 Å². The Balaban J connectivity index is 1.29. The van der Waals surface area contributed by atoms with Gasteiger partial charge in [-0.25, -0.2) is 0 Å². The summed E-state index contributed by atoms with van der Waals surface area (Å²) in [6.07, 6.45) is -1.38. The van der Waals surface area contributed by atoms with Crippen LogP contribution in [0, 0.1) is 23.7 Å². The number of likely N-dealkylation sites (N-methyl/N-ethyl adjacent to an activating group) is 1. The van der Waals surface area contributed by atoms with E-state index in [0.29, 0.717) is 48.9 Å². The van der Waals surface area contributed by atoms with Gasteiger partial charge in [-0.15, -0.1) is 0 Å². The van der Waals surface area contributed by atoms with Crippen LogP contribution in [-0.2, 0) is 63.7 Å². The van der Waals surface area contributed by atoms with E-state index in [1.165, 1.54) is 7.11 Å². The monoisotopic (exact) mass is 1000 g/mol. The number of esters is 1. The van der Waals surface area contributed by atoms with Crippen molar-refractivity contribution >= 4 is 34.6 Å². The van der Waals surface area contributed by atoms with E-state index in [4.69, 9.17) is 57.6 Å². The molecule has 2 saturated heterocycles. The first-order valence-electron chi connectivity index (χ1n) is 24.9. The van der Waals surface area contributed by atoms with Crippen molar-refractivity contribution < 1.29 is 76.8 Å². The third kappa shape index (κ3) is 15.1. The number of aliphatic hydroxyl groups excluding tert-OH is 3. The normalized spacial score (nSPS) is 37.1. The Bertz CT molecular complexity index is 2100. The van der Waals surface area contributed by atoms with Crippen LogP contribution in [0.4, 0.5) is 6.01 Å². The molecule has 1 aliphatic carbocycles. The second-order valence-electron chi connectivity index (χ2n) is 19.7. The third-order valence-electron chi connectivity index (χ3n) is 14.2. The van der Waals surface area contributed by atoms with Crippen molar-refractivity contribution in [2.24, 2.45) is 28.8 Å². The summed E-state index contributed by atoms with van der Waals surface area (Å²) in [4.78, 5) is 40.0. The molecular weight excluding hydrogens is 925 g/mol. The van der Waals surface area contributed by atoms with Gasteiger partial charge in [-0.3, -0.25) is 9.59 Å². The Morgan fingerprint density at radius 2 is 1.75 bits per heavy atom. The van der Waals surface area contributed by atoms with Crippen LogP contribution in [0.1, 0.15) is 78.7 Å². The Kier molecular flexibility index (Phi) is 21.3. The van der Waals surface area contributed by atoms with Crippen LogP contribution in [0.2, 0.25) is 0 Å². The van der Waals surface area contributed by atoms with Crippen molar-refractivity contribution in [2.75, 3.05) is 67.3 Å². The first kappa shape index (κ1) is 56.4. The number of fused-ring (bicyclic) bond motifs is 4. The van der Waals surface area contributed by atoms with Gasteiger partial charge in [-0.1, -0.05) is 49.7 Å². The summed E-state index contributed by atoms with van der Waals surface area (Å²) < 4.78 is 61.4. The first-order valence-corrected chi connectivity index (χ1v) is 24.9. The predicted octanol–water partition coefficient (Wildman–Crippen LogP) is 4.11. The van der Waals surface area contributed by atoms with E-state index in [9.17, 15) is 24.9 Å². The molecule has 20 nitrogen and oxygen atoms in total. The number of carbonyl (C=O) groups is 2. The summed E-state index contributed by atoms with van der Waals surface area (Å²) >= 11 is 0. The van der Waals surface area contributed by atoms with Crippen LogP contribution in [0.5, 0.6) is 0 Å². The number of oxazole rings is 1. The van der Waals surface area contributed by atoms with Gasteiger partial charge in [0.25, 0.3) is 6.01 Å². The number of anilines is 1. The van der Waals surface area contributed by atoms with Crippen molar-refractivity contribution in [2.45, 2.75) is 153 Å². The minimum absolute atomic E-state index is 0.0223. The lowest BCUT2D eigenvalue weighted by atomic mass is 9.79. The zero-order chi connectivity index (χ0) is 51.4. The number of hydrogen-bond donors (Lipinski definition) is 4. The average Bonchev–Trinajstić information content (AvgIpc) is 3.71. The number of nitrogens with zero attached hydrogens (tertiary/aromatic N) is 3. The van der Waals surface area contributed by atoms with E-state index < -0.39 is 97.1 Å². The van der Waals surface area contributed by atoms with Gasteiger partial charge in [0.1, 0.15) is 35.6 Å². The highest BCUT2D eigenvalue weighted by Crippen LogP contribution is 2.36. The first-order chi connectivity index (χ1) is 34.0. The summed E-state index contributed by atoms with van der Waals surface area (Å²) in [5.41, 5.74) is 8.84. The van der Waals surface area contributed by atoms with Gasteiger partial charge >= 0.3 is 5.97 Å². The summed E-state index contributed by atoms with van der Waals surface area (Å²) in [6.45, 7) is 9.61. The fraction of sp³-hybridized carbons (Fsp3) is 0.725. The van der Waals surface area contributed by atoms with E-state index in [0.717, 1.165) is 11.1 Å². The van der Waals surface area contributed by atoms with E-state index in [1.807, 2.05) is 39.8 Å². The number of rotatable bonds is 14. The van der Waals surface area contributed by atoms with E-state index in [1.54, 1.807) is 57.3 Å². The molecular formula is C51H78N4O16. The molecule has 20 heteroatoms. The Morgan fingerprint density at radius 1 is 0.972 bits per heavy atom. The van der Waals surface area contributed by atoms with Gasteiger partial charge in [-0.05, 0) is 89.7 Å². The highest BCUT2D eigenvalue weighted by Gasteiger charge is 2.48. The number of ketones is 1. The number of nitrogen functional groups attached to an aromatic ring is 1. The number of cyclic esters (lactones) is 1. The maximum absolute atomic E-state index is 14.5. The molecule has 4 heterocycles. The lowest BCUT2D eigenvalue weighted by molar-refractivity contribution is -0.305. The molecule has 3 fully saturated rings. The fourth-order valence-electron chi connectivity index (χ4n) is 10.2. The number of ether oxygens (including phenoxy) is 9. The molecule has 1 saturated carbocycles. The van der Waals surface area contributed by atoms with Crippen LogP contribution in [-0.4, -0.2) is 178 Å². The predicted molar refractivity (Wildman–Crippen MR) is 260 cm³/mol. The van der Waals surface area contributed by atoms with Crippen LogP contribution >= 0.6 is 0 Å². The van der Waals surface area contributed by atoms with Crippen molar-refractivity contribution in [3.8, 4) is 0 Å². The summed E-state index contributed by atoms with van der Waals surface area (Å²) in [5.74, 6) is -2.53. The van der Waals surface area contributed by atoms with Gasteiger partial charge in [0.05, 0.1) is 75.5 Å². The Hall–Kier alpha value is -3.90. The minimum atomic E-state index is -1.26. The Morgan fingerprint density at radius 3 is 2.48 bits per heavy atom. The quantitative estimate of drug-likeness (QED) is 0.0899. The number of aromatic nitrogens is 1. The summed E-state index contributed by atoms with van der Waals surface area (Å²) in [6, 6.07) is 4.77. The number of oxime groups is 1. The number of aliphatic hydroxyl groups is 3. The van der Waals surface area contributed by atoms with Crippen molar-refractivity contribution in [3.05, 3.63) is 47.6 Å². The molecule has 4 aliphatic rings. The highest BCUT2D eigenvalue weighted by atomic mass is 16.7. The third-order valence-corrected chi connectivity index (χ3v) is 14.2. The zero-order valence-corrected chi connectivity index (χ0v) is 42.8. The molecule has 1 aromatic carbocycles. The van der Waals surface area contributed by atoms with Crippen molar-refractivity contribution in [1.82, 2.24) is 9.88 Å². The molecule has 0 spiro atoms. The molecule has 2 bridgehead atoms. The largest absolute Gasteiger partial charge is 0.462 e. The number of nitrogens with two attached hydrogens (primary N) is 1. The molecule has 3 aliphatic heterocycles. The van der Waals surface area contributed by atoms with Crippen LogP contribution in [0.25, 0.3) is 11.1 Å². The maximum atomic E-state index is 14.5. The maximum Gasteiger partial charge on any atom is 0.308 e. The van der Waals surface area contributed by atoms with E-state index >= 15 is 0 Å².